The Morgan fingerprint density at radius 2 is 2.07 bits per heavy atom. The number of Topliss-reactive ketones (excluding diaryl/α,β-unsaturated/α-hetero) is 1. The number of halogens is 2. The van der Waals surface area contributed by atoms with E-state index in [2.05, 4.69) is 10.5 Å². The van der Waals surface area contributed by atoms with Crippen LogP contribution in [0.4, 0.5) is 4.39 Å². The van der Waals surface area contributed by atoms with Crippen molar-refractivity contribution in [3.8, 4) is 11.6 Å². The molecule has 0 atom stereocenters. The molecule has 0 saturated heterocycles. The van der Waals surface area contributed by atoms with E-state index >= 15 is 0 Å². The summed E-state index contributed by atoms with van der Waals surface area (Å²) in [6.07, 6.45) is 2.55. The van der Waals surface area contributed by atoms with Gasteiger partial charge in [0.25, 0.3) is 11.8 Å². The molecular weight excluding hydrogens is 391 g/mol. The van der Waals surface area contributed by atoms with Gasteiger partial charge in [-0.15, -0.1) is 0 Å². The highest BCUT2D eigenvalue weighted by molar-refractivity contribution is 6.30. The number of aromatic nitrogens is 1. The number of methoxy groups -OCH3 is 1. The average Bonchev–Trinajstić information content (AvgIpc) is 3.09. The standard InChI is InChI=1S/C19H18ClFN2O5/c1-26-17-5-15(28-23-17)14(24)6-18-8-19(9-18,10-18)22-16(25)7-27-11-2-3-12(20)13(21)4-11/h2-5H,6-10H2,1H3,(H,22,25). The van der Waals surface area contributed by atoms with E-state index < -0.39 is 5.82 Å². The molecule has 28 heavy (non-hydrogen) atoms. The molecule has 7 nitrogen and oxygen atoms in total. The fraction of sp³-hybridized carbons (Fsp3) is 0.421. The number of amides is 1. The SMILES string of the molecule is COc1cc(C(=O)CC23CC(NC(=O)COc4ccc(Cl)c(F)c4)(C2)C3)on1. The third kappa shape index (κ3) is 3.44. The largest absolute Gasteiger partial charge is 0.484 e. The Morgan fingerprint density at radius 1 is 1.32 bits per heavy atom. The highest BCUT2D eigenvalue weighted by atomic mass is 35.5. The summed E-state index contributed by atoms with van der Waals surface area (Å²) in [7, 11) is 1.45. The van der Waals surface area contributed by atoms with Crippen molar-refractivity contribution in [2.45, 2.75) is 31.2 Å². The molecule has 1 heterocycles. The molecule has 148 valence electrons. The number of rotatable bonds is 8. The van der Waals surface area contributed by atoms with Crippen molar-refractivity contribution < 1.29 is 28.0 Å². The second-order valence-electron chi connectivity index (χ2n) is 7.56. The topological polar surface area (TPSA) is 90.7 Å². The number of hydrogen-bond acceptors (Lipinski definition) is 6. The molecule has 0 spiro atoms. The van der Waals surface area contributed by atoms with Crippen LogP contribution in [0.2, 0.25) is 5.02 Å². The van der Waals surface area contributed by atoms with E-state index in [1.165, 1.54) is 25.3 Å². The van der Waals surface area contributed by atoms with Gasteiger partial charge in [0.15, 0.2) is 6.61 Å². The van der Waals surface area contributed by atoms with Crippen LogP contribution in [-0.4, -0.2) is 36.1 Å². The summed E-state index contributed by atoms with van der Waals surface area (Å²) in [5.74, 6) is -0.318. The van der Waals surface area contributed by atoms with E-state index in [1.807, 2.05) is 0 Å². The molecule has 3 aliphatic rings. The van der Waals surface area contributed by atoms with E-state index in [-0.39, 0.29) is 51.7 Å². The second-order valence-corrected chi connectivity index (χ2v) is 7.96. The van der Waals surface area contributed by atoms with Gasteiger partial charge >= 0.3 is 0 Å². The molecule has 1 N–H and O–H groups in total. The number of ether oxygens (including phenoxy) is 2. The van der Waals surface area contributed by atoms with Gasteiger partial charge < -0.3 is 19.3 Å². The molecule has 1 amide bonds. The molecule has 1 aromatic heterocycles. The highest BCUT2D eigenvalue weighted by Crippen LogP contribution is 2.69. The van der Waals surface area contributed by atoms with Crippen LogP contribution in [0, 0.1) is 11.2 Å². The van der Waals surface area contributed by atoms with Gasteiger partial charge in [-0.1, -0.05) is 11.6 Å². The van der Waals surface area contributed by atoms with Crippen LogP contribution >= 0.6 is 11.6 Å². The molecule has 3 aliphatic carbocycles. The Bertz CT molecular complexity index is 924. The van der Waals surface area contributed by atoms with Crippen LogP contribution in [0.5, 0.6) is 11.6 Å². The first kappa shape index (κ1) is 18.7. The first-order chi connectivity index (χ1) is 13.3. The number of ketones is 1. The first-order valence-electron chi connectivity index (χ1n) is 8.75. The smallest absolute Gasteiger partial charge is 0.258 e. The molecular formula is C19H18ClFN2O5. The molecule has 0 radical (unpaired) electrons. The minimum absolute atomic E-state index is 0.00529. The third-order valence-electron chi connectivity index (χ3n) is 5.31. The molecule has 3 saturated carbocycles. The van der Waals surface area contributed by atoms with Crippen molar-refractivity contribution in [1.29, 1.82) is 0 Å². The van der Waals surface area contributed by atoms with E-state index in [9.17, 15) is 14.0 Å². The quantitative estimate of drug-likeness (QED) is 0.675. The first-order valence-corrected chi connectivity index (χ1v) is 9.13. The zero-order valence-electron chi connectivity index (χ0n) is 15.1. The predicted molar refractivity (Wildman–Crippen MR) is 96.1 cm³/mol. The molecule has 1 aromatic carbocycles. The zero-order valence-corrected chi connectivity index (χ0v) is 15.8. The lowest BCUT2D eigenvalue weighted by Crippen LogP contribution is -2.75. The van der Waals surface area contributed by atoms with Gasteiger partial charge in [-0.25, -0.2) is 4.39 Å². The van der Waals surface area contributed by atoms with E-state index in [0.29, 0.717) is 6.42 Å². The monoisotopic (exact) mass is 408 g/mol. The normalized spacial score (nSPS) is 24.7. The molecule has 2 bridgehead atoms. The summed E-state index contributed by atoms with van der Waals surface area (Å²) in [6.45, 7) is -0.216. The maximum absolute atomic E-state index is 13.4. The Kier molecular flexibility index (Phi) is 4.53. The summed E-state index contributed by atoms with van der Waals surface area (Å²) >= 11 is 5.61. The number of hydrogen-bond donors (Lipinski definition) is 1. The van der Waals surface area contributed by atoms with Gasteiger partial charge in [0.1, 0.15) is 11.6 Å². The van der Waals surface area contributed by atoms with Crippen molar-refractivity contribution in [3.63, 3.8) is 0 Å². The third-order valence-corrected chi connectivity index (χ3v) is 5.62. The fourth-order valence-corrected chi connectivity index (χ4v) is 4.40. The fourth-order valence-electron chi connectivity index (χ4n) is 4.28. The minimum atomic E-state index is -0.602. The number of nitrogens with one attached hydrogen (secondary N) is 1. The van der Waals surface area contributed by atoms with Crippen molar-refractivity contribution in [2.75, 3.05) is 13.7 Å². The van der Waals surface area contributed by atoms with Crippen molar-refractivity contribution in [3.05, 3.63) is 40.9 Å². The predicted octanol–water partition coefficient (Wildman–Crippen LogP) is 3.17. The number of carbonyl (C=O) groups excluding carboxylic acids is 2. The van der Waals surface area contributed by atoms with Crippen LogP contribution in [0.3, 0.4) is 0 Å². The van der Waals surface area contributed by atoms with Gasteiger partial charge in [0, 0.05) is 18.0 Å². The maximum Gasteiger partial charge on any atom is 0.258 e. The highest BCUT2D eigenvalue weighted by Gasteiger charge is 2.68. The van der Waals surface area contributed by atoms with Gasteiger partial charge in [-0.2, -0.15) is 0 Å². The van der Waals surface area contributed by atoms with Crippen LogP contribution in [0.25, 0.3) is 0 Å². The van der Waals surface area contributed by atoms with Gasteiger partial charge in [0.05, 0.1) is 18.2 Å². The van der Waals surface area contributed by atoms with Gasteiger partial charge in [-0.3, -0.25) is 9.59 Å². The van der Waals surface area contributed by atoms with Gasteiger partial charge in [0.2, 0.25) is 11.5 Å². The number of carbonyl (C=O) groups is 2. The molecule has 3 fully saturated rings. The lowest BCUT2D eigenvalue weighted by Gasteiger charge is -2.70. The van der Waals surface area contributed by atoms with Crippen LogP contribution in [-0.2, 0) is 4.79 Å². The van der Waals surface area contributed by atoms with E-state index in [1.54, 1.807) is 0 Å². The summed E-state index contributed by atoms with van der Waals surface area (Å²) < 4.78 is 28.6. The Labute approximate surface area is 165 Å². The van der Waals surface area contributed by atoms with Gasteiger partial charge in [-0.05, 0) is 42.0 Å². The molecule has 9 heteroatoms. The van der Waals surface area contributed by atoms with E-state index in [0.717, 1.165) is 25.3 Å². The van der Waals surface area contributed by atoms with Crippen LogP contribution in [0.1, 0.15) is 36.2 Å². The molecule has 5 rings (SSSR count). The lowest BCUT2D eigenvalue weighted by atomic mass is 9.38. The zero-order chi connectivity index (χ0) is 19.9. The molecule has 2 aromatic rings. The molecule has 0 unspecified atom stereocenters. The Balaban J connectivity index is 1.23. The minimum Gasteiger partial charge on any atom is -0.484 e. The maximum atomic E-state index is 13.4. The van der Waals surface area contributed by atoms with Crippen LogP contribution in [0.15, 0.2) is 28.8 Å². The van der Waals surface area contributed by atoms with Crippen LogP contribution < -0.4 is 14.8 Å². The molecule has 0 aliphatic heterocycles. The summed E-state index contributed by atoms with van der Waals surface area (Å²) in [5.41, 5.74) is -0.365. The number of nitrogens with zero attached hydrogens (tertiary/aromatic N) is 1. The lowest BCUT2D eigenvalue weighted by molar-refractivity contribution is -0.164. The van der Waals surface area contributed by atoms with Crippen molar-refractivity contribution >= 4 is 23.3 Å². The summed E-state index contributed by atoms with van der Waals surface area (Å²) in [4.78, 5) is 24.4. The summed E-state index contributed by atoms with van der Waals surface area (Å²) in [5, 5.41) is 6.58. The van der Waals surface area contributed by atoms with E-state index in [4.69, 9.17) is 25.6 Å². The van der Waals surface area contributed by atoms with Crippen molar-refractivity contribution in [1.82, 2.24) is 10.5 Å². The van der Waals surface area contributed by atoms with Crippen molar-refractivity contribution in [2.24, 2.45) is 5.41 Å². The summed E-state index contributed by atoms with van der Waals surface area (Å²) in [6, 6.07) is 5.48. The Morgan fingerprint density at radius 3 is 2.71 bits per heavy atom. The second kappa shape index (κ2) is 6.77. The average molecular weight is 409 g/mol. The number of benzene rings is 1. The Hall–Kier alpha value is -2.61.